The summed E-state index contributed by atoms with van der Waals surface area (Å²) in [7, 11) is 0. The largest absolute Gasteiger partial charge is 0.493 e. The summed E-state index contributed by atoms with van der Waals surface area (Å²) < 4.78 is 18.9. The summed E-state index contributed by atoms with van der Waals surface area (Å²) in [5, 5.41) is 8.61. The van der Waals surface area contributed by atoms with E-state index >= 15 is 0 Å². The molecule has 0 fully saturated rings. The van der Waals surface area contributed by atoms with E-state index in [2.05, 4.69) is 0 Å². The second-order valence-corrected chi connectivity index (χ2v) is 4.43. The van der Waals surface area contributed by atoms with E-state index in [9.17, 15) is 4.39 Å². The summed E-state index contributed by atoms with van der Waals surface area (Å²) >= 11 is 4.72. The molecule has 3 nitrogen and oxygen atoms in total. The first-order valence-electron chi connectivity index (χ1n) is 5.98. The molecule has 18 heavy (non-hydrogen) atoms. The summed E-state index contributed by atoms with van der Waals surface area (Å²) in [5.74, 6) is 0.0231. The van der Waals surface area contributed by atoms with E-state index in [0.717, 1.165) is 25.7 Å². The predicted molar refractivity (Wildman–Crippen MR) is 73.3 cm³/mol. The molecule has 1 aromatic carbocycles. The third kappa shape index (κ3) is 4.98. The fourth-order valence-electron chi connectivity index (χ4n) is 1.54. The highest BCUT2D eigenvalue weighted by atomic mass is 32.1. The predicted octanol–water partition coefficient (Wildman–Crippen LogP) is 2.39. The van der Waals surface area contributed by atoms with E-state index in [1.807, 2.05) is 0 Å². The highest BCUT2D eigenvalue weighted by Gasteiger charge is 2.06. The Morgan fingerprint density at radius 2 is 2.00 bits per heavy atom. The van der Waals surface area contributed by atoms with Crippen LogP contribution in [0.15, 0.2) is 18.2 Å². The number of aliphatic hydroxyl groups excluding tert-OH is 1. The molecule has 0 aliphatic rings. The van der Waals surface area contributed by atoms with Gasteiger partial charge in [-0.25, -0.2) is 4.39 Å². The third-order valence-electron chi connectivity index (χ3n) is 2.53. The summed E-state index contributed by atoms with van der Waals surface area (Å²) in [6, 6.07) is 4.48. The monoisotopic (exact) mass is 271 g/mol. The van der Waals surface area contributed by atoms with Gasteiger partial charge in [-0.1, -0.05) is 18.6 Å². The average Bonchev–Trinajstić information content (AvgIpc) is 2.33. The van der Waals surface area contributed by atoms with E-state index in [1.165, 1.54) is 12.1 Å². The molecule has 0 aromatic heterocycles. The van der Waals surface area contributed by atoms with Crippen molar-refractivity contribution in [1.29, 1.82) is 0 Å². The number of hydrogen-bond acceptors (Lipinski definition) is 3. The highest BCUT2D eigenvalue weighted by Crippen LogP contribution is 2.17. The van der Waals surface area contributed by atoms with Crippen LogP contribution < -0.4 is 10.5 Å². The first-order valence-corrected chi connectivity index (χ1v) is 6.39. The van der Waals surface area contributed by atoms with Crippen LogP contribution in [0.3, 0.4) is 0 Å². The minimum Gasteiger partial charge on any atom is -0.493 e. The molecule has 0 atom stereocenters. The lowest BCUT2D eigenvalue weighted by atomic mass is 10.2. The lowest BCUT2D eigenvalue weighted by molar-refractivity contribution is 0.273. The van der Waals surface area contributed by atoms with Gasteiger partial charge in [-0.15, -0.1) is 0 Å². The van der Waals surface area contributed by atoms with Crippen LogP contribution in [0.25, 0.3) is 0 Å². The van der Waals surface area contributed by atoms with Crippen molar-refractivity contribution in [2.24, 2.45) is 5.73 Å². The zero-order valence-corrected chi connectivity index (χ0v) is 11.0. The standard InChI is InChI=1S/C13H18FNO2S/c14-12-9-10(5-6-11(12)13(15)18)17-8-4-2-1-3-7-16/h5-6,9,16H,1-4,7-8H2,(H2,15,18). The van der Waals surface area contributed by atoms with Crippen molar-refractivity contribution in [3.8, 4) is 5.75 Å². The first-order chi connectivity index (χ1) is 8.65. The van der Waals surface area contributed by atoms with Gasteiger partial charge in [0.05, 0.1) is 6.61 Å². The van der Waals surface area contributed by atoms with Crippen molar-refractivity contribution >= 4 is 17.2 Å². The molecule has 0 saturated carbocycles. The molecule has 0 radical (unpaired) electrons. The molecule has 0 unspecified atom stereocenters. The smallest absolute Gasteiger partial charge is 0.137 e. The minimum atomic E-state index is -0.458. The first kappa shape index (κ1) is 14.9. The Balaban J connectivity index is 2.35. The summed E-state index contributed by atoms with van der Waals surface area (Å²) in [6.45, 7) is 0.768. The Morgan fingerprint density at radius 1 is 1.28 bits per heavy atom. The fourth-order valence-corrected chi connectivity index (χ4v) is 1.71. The van der Waals surface area contributed by atoms with Crippen LogP contribution in [-0.2, 0) is 0 Å². The van der Waals surface area contributed by atoms with Crippen molar-refractivity contribution in [3.63, 3.8) is 0 Å². The average molecular weight is 271 g/mol. The second-order valence-electron chi connectivity index (χ2n) is 3.99. The van der Waals surface area contributed by atoms with Crippen molar-refractivity contribution < 1.29 is 14.2 Å². The normalized spacial score (nSPS) is 10.3. The Labute approximate surface area is 112 Å². The van der Waals surface area contributed by atoms with Gasteiger partial charge in [0.1, 0.15) is 16.6 Å². The molecular formula is C13H18FNO2S. The molecule has 0 saturated heterocycles. The molecule has 1 rings (SSSR count). The van der Waals surface area contributed by atoms with Crippen LogP contribution in [0.2, 0.25) is 0 Å². The number of thiocarbonyl (C=S) groups is 1. The van der Waals surface area contributed by atoms with Crippen molar-refractivity contribution in [1.82, 2.24) is 0 Å². The molecule has 0 heterocycles. The van der Waals surface area contributed by atoms with Gasteiger partial charge in [0.25, 0.3) is 0 Å². The number of unbranched alkanes of at least 4 members (excludes halogenated alkanes) is 3. The zero-order chi connectivity index (χ0) is 13.4. The zero-order valence-electron chi connectivity index (χ0n) is 10.2. The van der Waals surface area contributed by atoms with E-state index in [4.69, 9.17) is 27.8 Å². The molecule has 100 valence electrons. The molecule has 0 aliphatic heterocycles. The summed E-state index contributed by atoms with van der Waals surface area (Å²) in [5.41, 5.74) is 5.60. The number of ether oxygens (including phenoxy) is 1. The van der Waals surface area contributed by atoms with Gasteiger partial charge >= 0.3 is 0 Å². The van der Waals surface area contributed by atoms with Crippen LogP contribution in [0.4, 0.5) is 4.39 Å². The van der Waals surface area contributed by atoms with Crippen molar-refractivity contribution in [2.75, 3.05) is 13.2 Å². The van der Waals surface area contributed by atoms with Crippen molar-refractivity contribution in [3.05, 3.63) is 29.6 Å². The maximum absolute atomic E-state index is 13.5. The van der Waals surface area contributed by atoms with E-state index in [0.29, 0.717) is 12.4 Å². The minimum absolute atomic E-state index is 0.0445. The maximum Gasteiger partial charge on any atom is 0.137 e. The van der Waals surface area contributed by atoms with Crippen LogP contribution in [0.5, 0.6) is 5.75 Å². The van der Waals surface area contributed by atoms with Gasteiger partial charge in [0, 0.05) is 18.2 Å². The van der Waals surface area contributed by atoms with Crippen LogP contribution >= 0.6 is 12.2 Å². The molecular weight excluding hydrogens is 253 g/mol. The number of halogens is 1. The van der Waals surface area contributed by atoms with Gasteiger partial charge in [0.2, 0.25) is 0 Å². The summed E-state index contributed by atoms with van der Waals surface area (Å²) in [6.07, 6.45) is 3.68. The van der Waals surface area contributed by atoms with Gasteiger partial charge in [-0.3, -0.25) is 0 Å². The van der Waals surface area contributed by atoms with Gasteiger partial charge in [-0.2, -0.15) is 0 Å². The van der Waals surface area contributed by atoms with E-state index in [1.54, 1.807) is 6.07 Å². The fraction of sp³-hybridized carbons (Fsp3) is 0.462. The topological polar surface area (TPSA) is 55.5 Å². The summed E-state index contributed by atoms with van der Waals surface area (Å²) in [4.78, 5) is 0.0445. The Hall–Kier alpha value is -1.20. The van der Waals surface area contributed by atoms with Crippen LogP contribution in [0, 0.1) is 5.82 Å². The van der Waals surface area contributed by atoms with Crippen LogP contribution in [0.1, 0.15) is 31.2 Å². The Kier molecular flexibility index (Phi) is 6.60. The van der Waals surface area contributed by atoms with Gasteiger partial charge < -0.3 is 15.6 Å². The lowest BCUT2D eigenvalue weighted by Gasteiger charge is -2.07. The number of rotatable bonds is 8. The Morgan fingerprint density at radius 3 is 2.61 bits per heavy atom. The maximum atomic E-state index is 13.5. The molecule has 5 heteroatoms. The number of aliphatic hydroxyl groups is 1. The number of benzene rings is 1. The van der Waals surface area contributed by atoms with Gasteiger partial charge in [0.15, 0.2) is 0 Å². The number of hydrogen-bond donors (Lipinski definition) is 2. The molecule has 1 aromatic rings. The SMILES string of the molecule is NC(=S)c1ccc(OCCCCCCO)cc1F. The van der Waals surface area contributed by atoms with Crippen molar-refractivity contribution in [2.45, 2.75) is 25.7 Å². The van der Waals surface area contributed by atoms with Gasteiger partial charge in [-0.05, 0) is 31.4 Å². The molecule has 0 spiro atoms. The molecule has 3 N–H and O–H groups in total. The molecule has 0 amide bonds. The van der Waals surface area contributed by atoms with Crippen LogP contribution in [-0.4, -0.2) is 23.3 Å². The van der Waals surface area contributed by atoms with E-state index < -0.39 is 5.82 Å². The van der Waals surface area contributed by atoms with E-state index in [-0.39, 0.29) is 17.2 Å². The third-order valence-corrected chi connectivity index (χ3v) is 2.75. The lowest BCUT2D eigenvalue weighted by Crippen LogP contribution is -2.11. The Bertz CT molecular complexity index is 399. The molecule has 0 aliphatic carbocycles. The molecule has 0 bridgehead atoms. The number of nitrogens with two attached hydrogens (primary N) is 1. The second kappa shape index (κ2) is 8.00. The quantitative estimate of drug-likeness (QED) is 0.563. The highest BCUT2D eigenvalue weighted by molar-refractivity contribution is 7.80.